The molecule has 0 saturated carbocycles. The maximum absolute atomic E-state index is 12.1. The van der Waals surface area contributed by atoms with Crippen LogP contribution in [0.2, 0.25) is 0 Å². The number of benzene rings is 1. The van der Waals surface area contributed by atoms with E-state index in [1.54, 1.807) is 7.11 Å². The van der Waals surface area contributed by atoms with Crippen molar-refractivity contribution in [2.45, 2.75) is 45.6 Å². The van der Waals surface area contributed by atoms with Crippen molar-refractivity contribution in [3.05, 3.63) is 29.8 Å². The van der Waals surface area contributed by atoms with E-state index in [0.717, 1.165) is 11.3 Å². The average Bonchev–Trinajstić information content (AvgIpc) is 2.51. The minimum absolute atomic E-state index is 0.0125. The summed E-state index contributed by atoms with van der Waals surface area (Å²) >= 11 is 0. The fraction of sp³-hybridized carbons (Fsp3) is 0.529. The van der Waals surface area contributed by atoms with Crippen LogP contribution in [0, 0.1) is 5.92 Å². The second kappa shape index (κ2) is 8.41. The van der Waals surface area contributed by atoms with E-state index in [9.17, 15) is 14.7 Å². The third-order valence-corrected chi connectivity index (χ3v) is 3.95. The Labute approximate surface area is 131 Å². The van der Waals surface area contributed by atoms with E-state index in [2.05, 4.69) is 5.32 Å². The highest BCUT2D eigenvalue weighted by Gasteiger charge is 2.25. The van der Waals surface area contributed by atoms with Crippen molar-refractivity contribution in [3.63, 3.8) is 0 Å². The highest BCUT2D eigenvalue weighted by Crippen LogP contribution is 2.23. The van der Waals surface area contributed by atoms with Crippen molar-refractivity contribution < 1.29 is 19.4 Å². The zero-order valence-electron chi connectivity index (χ0n) is 13.6. The molecule has 1 amide bonds. The number of ether oxygens (including phenoxy) is 1. The van der Waals surface area contributed by atoms with Gasteiger partial charge in [-0.15, -0.1) is 0 Å². The van der Waals surface area contributed by atoms with Crippen LogP contribution in [0.3, 0.4) is 0 Å². The van der Waals surface area contributed by atoms with Gasteiger partial charge in [0, 0.05) is 6.42 Å². The number of carbonyl (C=O) groups excluding carboxylic acids is 1. The van der Waals surface area contributed by atoms with E-state index < -0.39 is 12.0 Å². The van der Waals surface area contributed by atoms with Crippen LogP contribution in [-0.4, -0.2) is 30.1 Å². The molecule has 0 aliphatic carbocycles. The minimum atomic E-state index is -0.989. The lowest BCUT2D eigenvalue weighted by Gasteiger charge is -2.21. The average molecular weight is 307 g/mol. The highest BCUT2D eigenvalue weighted by atomic mass is 16.5. The van der Waals surface area contributed by atoms with Crippen LogP contribution in [0.25, 0.3) is 0 Å². The number of rotatable bonds is 8. The van der Waals surface area contributed by atoms with Crippen LogP contribution in [0.1, 0.15) is 45.1 Å². The first-order chi connectivity index (χ1) is 10.4. The largest absolute Gasteiger partial charge is 0.497 e. The van der Waals surface area contributed by atoms with Crippen LogP contribution < -0.4 is 10.1 Å². The van der Waals surface area contributed by atoms with Crippen LogP contribution >= 0.6 is 0 Å². The van der Waals surface area contributed by atoms with Gasteiger partial charge in [-0.25, -0.2) is 4.79 Å². The fourth-order valence-corrected chi connectivity index (χ4v) is 2.26. The Balaban J connectivity index is 2.68. The van der Waals surface area contributed by atoms with Crippen molar-refractivity contribution >= 4 is 11.9 Å². The second-order valence-corrected chi connectivity index (χ2v) is 5.65. The van der Waals surface area contributed by atoms with Gasteiger partial charge >= 0.3 is 5.97 Å². The molecule has 0 radical (unpaired) electrons. The Morgan fingerprint density at radius 1 is 1.32 bits per heavy atom. The Morgan fingerprint density at radius 2 is 2.00 bits per heavy atom. The molecule has 0 bridgehead atoms. The summed E-state index contributed by atoms with van der Waals surface area (Å²) in [6, 6.07) is 6.71. The predicted molar refractivity (Wildman–Crippen MR) is 85.0 cm³/mol. The summed E-state index contributed by atoms with van der Waals surface area (Å²) in [4.78, 5) is 23.4. The van der Waals surface area contributed by atoms with E-state index in [-0.39, 0.29) is 24.2 Å². The van der Waals surface area contributed by atoms with Gasteiger partial charge in [0.1, 0.15) is 11.8 Å². The fourth-order valence-electron chi connectivity index (χ4n) is 2.26. The lowest BCUT2D eigenvalue weighted by atomic mass is 9.95. The summed E-state index contributed by atoms with van der Waals surface area (Å²) in [5.74, 6) is -0.609. The molecule has 5 nitrogen and oxygen atoms in total. The van der Waals surface area contributed by atoms with Crippen LogP contribution in [0.5, 0.6) is 5.75 Å². The lowest BCUT2D eigenvalue weighted by Crippen LogP contribution is -2.45. The van der Waals surface area contributed by atoms with E-state index in [4.69, 9.17) is 4.74 Å². The molecular formula is C17H25NO4. The minimum Gasteiger partial charge on any atom is -0.497 e. The van der Waals surface area contributed by atoms with Crippen LogP contribution in [0.15, 0.2) is 24.3 Å². The number of carbonyl (C=O) groups is 2. The number of hydrogen-bond acceptors (Lipinski definition) is 3. The van der Waals surface area contributed by atoms with Gasteiger partial charge in [0.2, 0.25) is 5.91 Å². The van der Waals surface area contributed by atoms with E-state index in [1.807, 2.05) is 45.0 Å². The molecule has 1 aromatic rings. The summed E-state index contributed by atoms with van der Waals surface area (Å²) in [6.07, 6.45) is 0.941. The summed E-state index contributed by atoms with van der Waals surface area (Å²) in [5.41, 5.74) is 0.991. The SMILES string of the molecule is CC[C@H](C)[C@H](NC(=O)CC(C)c1cccc(OC)c1)C(=O)O. The summed E-state index contributed by atoms with van der Waals surface area (Å²) < 4.78 is 5.17. The molecule has 3 atom stereocenters. The van der Waals surface area contributed by atoms with Crippen molar-refractivity contribution in [1.29, 1.82) is 0 Å². The standard InChI is InChI=1S/C17H25NO4/c1-5-11(2)16(17(20)21)18-15(19)9-12(3)13-7-6-8-14(10-13)22-4/h6-8,10-12,16H,5,9H2,1-4H3,(H,18,19)(H,20,21)/t11-,12?,16-/m0/s1. The van der Waals surface area contributed by atoms with Crippen molar-refractivity contribution in [1.82, 2.24) is 5.32 Å². The molecule has 22 heavy (non-hydrogen) atoms. The molecule has 0 aliphatic rings. The summed E-state index contributed by atoms with van der Waals surface area (Å²) in [6.45, 7) is 5.67. The zero-order valence-corrected chi connectivity index (χ0v) is 13.6. The second-order valence-electron chi connectivity index (χ2n) is 5.65. The van der Waals surface area contributed by atoms with Gasteiger partial charge < -0.3 is 15.2 Å². The number of methoxy groups -OCH3 is 1. The number of carboxylic acids is 1. The normalized spacial score (nSPS) is 14.7. The van der Waals surface area contributed by atoms with Gasteiger partial charge in [-0.05, 0) is 29.5 Å². The number of nitrogens with one attached hydrogen (secondary N) is 1. The van der Waals surface area contributed by atoms with Gasteiger partial charge in [-0.1, -0.05) is 39.3 Å². The van der Waals surface area contributed by atoms with E-state index in [1.165, 1.54) is 0 Å². The molecular weight excluding hydrogens is 282 g/mol. The molecule has 0 aliphatic heterocycles. The zero-order chi connectivity index (χ0) is 16.7. The Hall–Kier alpha value is -2.04. The first-order valence-corrected chi connectivity index (χ1v) is 7.55. The molecule has 5 heteroatoms. The molecule has 0 spiro atoms. The summed E-state index contributed by atoms with van der Waals surface area (Å²) in [5, 5.41) is 11.8. The molecule has 0 heterocycles. The predicted octanol–water partition coefficient (Wildman–Crippen LogP) is 2.80. The highest BCUT2D eigenvalue weighted by molar-refractivity contribution is 5.84. The Kier molecular flexibility index (Phi) is 6.89. The van der Waals surface area contributed by atoms with Gasteiger partial charge in [-0.2, -0.15) is 0 Å². The molecule has 1 aromatic carbocycles. The van der Waals surface area contributed by atoms with Crippen LogP contribution in [-0.2, 0) is 9.59 Å². The lowest BCUT2D eigenvalue weighted by molar-refractivity contribution is -0.143. The number of amides is 1. The molecule has 0 saturated heterocycles. The molecule has 1 unspecified atom stereocenters. The number of hydrogen-bond donors (Lipinski definition) is 2. The van der Waals surface area contributed by atoms with Crippen molar-refractivity contribution in [3.8, 4) is 5.75 Å². The Morgan fingerprint density at radius 3 is 2.55 bits per heavy atom. The van der Waals surface area contributed by atoms with Crippen molar-refractivity contribution in [2.75, 3.05) is 7.11 Å². The smallest absolute Gasteiger partial charge is 0.326 e. The van der Waals surface area contributed by atoms with Gasteiger partial charge in [0.05, 0.1) is 7.11 Å². The number of carboxylic acid groups (broad SMARTS) is 1. The van der Waals surface area contributed by atoms with Crippen LogP contribution in [0.4, 0.5) is 0 Å². The molecule has 1 rings (SSSR count). The topological polar surface area (TPSA) is 75.6 Å². The molecule has 0 fully saturated rings. The molecule has 122 valence electrons. The molecule has 2 N–H and O–H groups in total. The van der Waals surface area contributed by atoms with Crippen molar-refractivity contribution in [2.24, 2.45) is 5.92 Å². The first kappa shape index (κ1) is 18.0. The number of aliphatic carboxylic acids is 1. The van der Waals surface area contributed by atoms with E-state index in [0.29, 0.717) is 6.42 Å². The van der Waals surface area contributed by atoms with E-state index >= 15 is 0 Å². The van der Waals surface area contributed by atoms with Gasteiger partial charge in [0.25, 0.3) is 0 Å². The maximum atomic E-state index is 12.1. The monoisotopic (exact) mass is 307 g/mol. The van der Waals surface area contributed by atoms with Gasteiger partial charge in [0.15, 0.2) is 0 Å². The Bertz CT molecular complexity index is 515. The third kappa shape index (κ3) is 5.06. The summed E-state index contributed by atoms with van der Waals surface area (Å²) in [7, 11) is 1.60. The van der Waals surface area contributed by atoms with Gasteiger partial charge in [-0.3, -0.25) is 4.79 Å². The third-order valence-electron chi connectivity index (χ3n) is 3.95. The first-order valence-electron chi connectivity index (χ1n) is 7.55. The maximum Gasteiger partial charge on any atom is 0.326 e. The quantitative estimate of drug-likeness (QED) is 0.774. The molecule has 0 aromatic heterocycles.